The first-order chi connectivity index (χ1) is 7.59. The maximum Gasteiger partial charge on any atom is 0.146 e. The lowest BCUT2D eigenvalue weighted by Gasteiger charge is -2.10. The molecule has 0 aromatic heterocycles. The summed E-state index contributed by atoms with van der Waals surface area (Å²) in [6, 6.07) is 3.45. The summed E-state index contributed by atoms with van der Waals surface area (Å²) >= 11 is 8.96. The molecule has 4 heteroatoms. The molecule has 0 saturated heterocycles. The Morgan fingerprint density at radius 3 is 2.81 bits per heavy atom. The Morgan fingerprint density at radius 2 is 2.19 bits per heavy atom. The van der Waals surface area contributed by atoms with Crippen molar-refractivity contribution in [3.63, 3.8) is 0 Å². The molecule has 0 spiro atoms. The minimum atomic E-state index is -0.376. The summed E-state index contributed by atoms with van der Waals surface area (Å²) in [4.78, 5) is 0. The zero-order valence-corrected chi connectivity index (χ0v) is 11.1. The molecule has 0 amide bonds. The van der Waals surface area contributed by atoms with Gasteiger partial charge in [-0.2, -0.15) is 0 Å². The van der Waals surface area contributed by atoms with Crippen LogP contribution >= 0.6 is 27.5 Å². The van der Waals surface area contributed by atoms with Gasteiger partial charge in [0.05, 0.1) is 11.1 Å². The Morgan fingerprint density at radius 1 is 1.50 bits per heavy atom. The van der Waals surface area contributed by atoms with E-state index in [0.29, 0.717) is 28.8 Å². The minimum Gasteiger partial charge on any atom is -0.393 e. The molecular weight excluding hydrogens is 294 g/mol. The van der Waals surface area contributed by atoms with Crippen molar-refractivity contribution in [3.8, 4) is 0 Å². The van der Waals surface area contributed by atoms with Crippen molar-refractivity contribution in [2.45, 2.75) is 31.8 Å². The van der Waals surface area contributed by atoms with Crippen molar-refractivity contribution < 1.29 is 9.50 Å². The van der Waals surface area contributed by atoms with E-state index in [0.717, 1.165) is 12.8 Å². The summed E-state index contributed by atoms with van der Waals surface area (Å²) in [6.45, 7) is 0. The number of aryl methyl sites for hydroxylation is 1. The van der Waals surface area contributed by atoms with Crippen LogP contribution in [0, 0.1) is 11.7 Å². The zero-order chi connectivity index (χ0) is 11.7. The lowest BCUT2D eigenvalue weighted by Crippen LogP contribution is -2.10. The minimum absolute atomic E-state index is 0.124. The van der Waals surface area contributed by atoms with Crippen LogP contribution in [0.4, 0.5) is 4.39 Å². The molecule has 1 aromatic carbocycles. The quantitative estimate of drug-likeness (QED) is 0.835. The molecule has 0 heterocycles. The number of aliphatic hydroxyl groups excluding tert-OH is 1. The third-order valence-corrected chi connectivity index (χ3v) is 4.25. The topological polar surface area (TPSA) is 20.2 Å². The van der Waals surface area contributed by atoms with Gasteiger partial charge in [-0.1, -0.05) is 17.7 Å². The SMILES string of the molecule is OC(CCc1ccc(Br)c(Cl)c1F)C1CC1. The molecule has 1 nitrogen and oxygen atoms in total. The molecule has 88 valence electrons. The number of hydrogen-bond donors (Lipinski definition) is 1. The highest BCUT2D eigenvalue weighted by Gasteiger charge is 2.29. The molecule has 0 aliphatic heterocycles. The van der Waals surface area contributed by atoms with Crippen LogP contribution in [0.25, 0.3) is 0 Å². The number of aliphatic hydroxyl groups is 1. The maximum absolute atomic E-state index is 13.7. The van der Waals surface area contributed by atoms with E-state index in [2.05, 4.69) is 15.9 Å². The summed E-state index contributed by atoms with van der Waals surface area (Å²) in [6.07, 6.45) is 3.06. The van der Waals surface area contributed by atoms with Gasteiger partial charge in [-0.15, -0.1) is 0 Å². The van der Waals surface area contributed by atoms with Crippen LogP contribution in [0.3, 0.4) is 0 Å². The third-order valence-electron chi connectivity index (χ3n) is 2.99. The summed E-state index contributed by atoms with van der Waals surface area (Å²) in [5.41, 5.74) is 0.577. The maximum atomic E-state index is 13.7. The van der Waals surface area contributed by atoms with Crippen LogP contribution in [0.2, 0.25) is 5.02 Å². The molecule has 1 atom stereocenters. The van der Waals surface area contributed by atoms with Gasteiger partial charge in [0.1, 0.15) is 5.82 Å². The van der Waals surface area contributed by atoms with Gasteiger partial charge in [-0.05, 0) is 59.2 Å². The largest absolute Gasteiger partial charge is 0.393 e. The lowest BCUT2D eigenvalue weighted by atomic mass is 10.0. The van der Waals surface area contributed by atoms with E-state index in [1.165, 1.54) is 0 Å². The van der Waals surface area contributed by atoms with Crippen LogP contribution in [0.1, 0.15) is 24.8 Å². The predicted octanol–water partition coefficient (Wildman–Crippen LogP) is 3.95. The van der Waals surface area contributed by atoms with E-state index in [1.54, 1.807) is 12.1 Å². The first-order valence-corrected chi connectivity index (χ1v) is 6.57. The van der Waals surface area contributed by atoms with Gasteiger partial charge in [0.15, 0.2) is 0 Å². The fraction of sp³-hybridized carbons (Fsp3) is 0.500. The van der Waals surface area contributed by atoms with E-state index in [9.17, 15) is 9.50 Å². The Hall–Kier alpha value is -0.120. The number of rotatable bonds is 4. The highest BCUT2D eigenvalue weighted by molar-refractivity contribution is 9.10. The van der Waals surface area contributed by atoms with Gasteiger partial charge in [0.25, 0.3) is 0 Å². The summed E-state index contributed by atoms with van der Waals surface area (Å²) in [5.74, 6) is 0.0630. The average Bonchev–Trinajstić information content (AvgIpc) is 3.08. The zero-order valence-electron chi connectivity index (χ0n) is 8.72. The number of benzene rings is 1. The fourth-order valence-corrected chi connectivity index (χ4v) is 2.27. The van der Waals surface area contributed by atoms with E-state index >= 15 is 0 Å². The molecule has 2 rings (SSSR count). The normalized spacial score (nSPS) is 17.5. The second kappa shape index (κ2) is 5.03. The molecule has 1 saturated carbocycles. The number of hydrogen-bond acceptors (Lipinski definition) is 1. The van der Waals surface area contributed by atoms with Crippen molar-refractivity contribution in [1.82, 2.24) is 0 Å². The summed E-state index contributed by atoms with van der Waals surface area (Å²) < 4.78 is 14.3. The molecule has 1 fully saturated rings. The van der Waals surface area contributed by atoms with Gasteiger partial charge in [-0.25, -0.2) is 4.39 Å². The molecule has 1 aromatic rings. The average molecular weight is 308 g/mol. The van der Waals surface area contributed by atoms with Crippen LogP contribution in [0.5, 0.6) is 0 Å². The van der Waals surface area contributed by atoms with Crippen molar-refractivity contribution in [2.24, 2.45) is 5.92 Å². The Bertz CT molecular complexity index is 393. The molecule has 0 bridgehead atoms. The highest BCUT2D eigenvalue weighted by Crippen LogP contribution is 2.35. The Balaban J connectivity index is 2.01. The third kappa shape index (κ3) is 2.76. The van der Waals surface area contributed by atoms with Gasteiger partial charge in [0, 0.05) is 4.47 Å². The fourth-order valence-electron chi connectivity index (χ4n) is 1.78. The van der Waals surface area contributed by atoms with Crippen molar-refractivity contribution >= 4 is 27.5 Å². The second-order valence-electron chi connectivity index (χ2n) is 4.28. The Kier molecular flexibility index (Phi) is 3.88. The predicted molar refractivity (Wildman–Crippen MR) is 66.2 cm³/mol. The van der Waals surface area contributed by atoms with E-state index in [1.807, 2.05) is 0 Å². The van der Waals surface area contributed by atoms with Gasteiger partial charge in [0.2, 0.25) is 0 Å². The summed E-state index contributed by atoms with van der Waals surface area (Å²) in [5, 5.41) is 9.82. The Labute approximate surface area is 108 Å². The van der Waals surface area contributed by atoms with Crippen LogP contribution in [-0.4, -0.2) is 11.2 Å². The van der Waals surface area contributed by atoms with Gasteiger partial charge < -0.3 is 5.11 Å². The molecule has 0 radical (unpaired) electrons. The monoisotopic (exact) mass is 306 g/mol. The second-order valence-corrected chi connectivity index (χ2v) is 5.51. The smallest absolute Gasteiger partial charge is 0.146 e. The van der Waals surface area contributed by atoms with Crippen molar-refractivity contribution in [1.29, 1.82) is 0 Å². The molecule has 16 heavy (non-hydrogen) atoms. The molecule has 1 aliphatic carbocycles. The van der Waals surface area contributed by atoms with E-state index < -0.39 is 0 Å². The van der Waals surface area contributed by atoms with Gasteiger partial charge >= 0.3 is 0 Å². The van der Waals surface area contributed by atoms with E-state index in [4.69, 9.17) is 11.6 Å². The lowest BCUT2D eigenvalue weighted by molar-refractivity contribution is 0.141. The van der Waals surface area contributed by atoms with Gasteiger partial charge in [-0.3, -0.25) is 0 Å². The van der Waals surface area contributed by atoms with Crippen LogP contribution < -0.4 is 0 Å². The first-order valence-electron chi connectivity index (χ1n) is 5.40. The first kappa shape index (κ1) is 12.3. The molecular formula is C12H13BrClFO. The molecule has 1 aliphatic rings. The summed E-state index contributed by atoms with van der Waals surface area (Å²) in [7, 11) is 0. The molecule has 1 N–H and O–H groups in total. The standard InChI is InChI=1S/C12H13BrClFO/c13-9-5-3-8(12(15)11(9)14)4-6-10(16)7-1-2-7/h3,5,7,10,16H,1-2,4,6H2. The van der Waals surface area contributed by atoms with E-state index in [-0.39, 0.29) is 16.9 Å². The van der Waals surface area contributed by atoms with Crippen LogP contribution in [0.15, 0.2) is 16.6 Å². The van der Waals surface area contributed by atoms with Crippen molar-refractivity contribution in [3.05, 3.63) is 33.0 Å². The van der Waals surface area contributed by atoms with Crippen LogP contribution in [-0.2, 0) is 6.42 Å². The number of halogens is 3. The highest BCUT2D eigenvalue weighted by atomic mass is 79.9. The molecule has 1 unspecified atom stereocenters. The van der Waals surface area contributed by atoms with Crippen molar-refractivity contribution in [2.75, 3.05) is 0 Å².